The molecule has 1 fully saturated rings. The lowest BCUT2D eigenvalue weighted by atomic mass is 9.90. The van der Waals surface area contributed by atoms with Crippen molar-refractivity contribution in [1.82, 2.24) is 5.32 Å². The van der Waals surface area contributed by atoms with Crippen LogP contribution in [0.5, 0.6) is 5.75 Å². The van der Waals surface area contributed by atoms with Gasteiger partial charge in [-0.2, -0.15) is 0 Å². The van der Waals surface area contributed by atoms with Crippen LogP contribution in [-0.4, -0.2) is 25.5 Å². The molecule has 3 nitrogen and oxygen atoms in total. The highest BCUT2D eigenvalue weighted by molar-refractivity contribution is 5.81. The molecule has 2 heterocycles. The lowest BCUT2D eigenvalue weighted by Crippen LogP contribution is -2.31. The number of carbonyl (C=O) groups is 1. The molecule has 3 rings (SSSR count). The van der Waals surface area contributed by atoms with Gasteiger partial charge in [0.25, 0.3) is 0 Å². The van der Waals surface area contributed by atoms with Gasteiger partial charge in [0.15, 0.2) is 0 Å². The van der Waals surface area contributed by atoms with Crippen LogP contribution < -0.4 is 10.1 Å². The third kappa shape index (κ3) is 2.98. The third-order valence-corrected chi connectivity index (χ3v) is 4.21. The van der Waals surface area contributed by atoms with E-state index in [4.69, 9.17) is 4.74 Å². The fraction of sp³-hybridized carbons (Fsp3) is 0.562. The number of piperidine rings is 1. The van der Waals surface area contributed by atoms with Crippen molar-refractivity contribution >= 4 is 5.78 Å². The van der Waals surface area contributed by atoms with E-state index >= 15 is 0 Å². The molecule has 0 saturated carbocycles. The Kier molecular flexibility index (Phi) is 3.83. The molecule has 19 heavy (non-hydrogen) atoms. The first-order valence-corrected chi connectivity index (χ1v) is 7.31. The van der Waals surface area contributed by atoms with E-state index in [1.165, 1.54) is 11.1 Å². The molecular weight excluding hydrogens is 238 g/mol. The summed E-state index contributed by atoms with van der Waals surface area (Å²) in [7, 11) is 0. The maximum absolute atomic E-state index is 12.2. The molecule has 2 aliphatic heterocycles. The summed E-state index contributed by atoms with van der Waals surface area (Å²) in [5.41, 5.74) is 2.57. The third-order valence-electron chi connectivity index (χ3n) is 4.21. The zero-order chi connectivity index (χ0) is 13.1. The van der Waals surface area contributed by atoms with Crippen LogP contribution in [0.2, 0.25) is 0 Å². The largest absolute Gasteiger partial charge is 0.493 e. The van der Waals surface area contributed by atoms with Crippen LogP contribution in [-0.2, 0) is 17.6 Å². The van der Waals surface area contributed by atoms with Crippen molar-refractivity contribution in [3.05, 3.63) is 29.3 Å². The summed E-state index contributed by atoms with van der Waals surface area (Å²) in [5.74, 6) is 1.76. The minimum Gasteiger partial charge on any atom is -0.493 e. The second-order valence-corrected chi connectivity index (χ2v) is 5.53. The van der Waals surface area contributed by atoms with Gasteiger partial charge in [0, 0.05) is 18.8 Å². The summed E-state index contributed by atoms with van der Waals surface area (Å²) in [4.78, 5) is 12.2. The fourth-order valence-corrected chi connectivity index (χ4v) is 3.01. The highest BCUT2D eigenvalue weighted by Crippen LogP contribution is 2.26. The van der Waals surface area contributed by atoms with Crippen molar-refractivity contribution in [3.8, 4) is 5.75 Å². The van der Waals surface area contributed by atoms with Crippen molar-refractivity contribution in [2.24, 2.45) is 5.92 Å². The molecule has 3 heteroatoms. The maximum Gasteiger partial charge on any atom is 0.136 e. The number of benzene rings is 1. The normalized spacial score (nSPS) is 18.9. The van der Waals surface area contributed by atoms with E-state index in [0.29, 0.717) is 18.1 Å². The Morgan fingerprint density at radius 3 is 3.00 bits per heavy atom. The van der Waals surface area contributed by atoms with Crippen LogP contribution in [0.25, 0.3) is 0 Å². The molecule has 0 radical (unpaired) electrons. The summed E-state index contributed by atoms with van der Waals surface area (Å²) in [6.45, 7) is 2.78. The summed E-state index contributed by atoms with van der Waals surface area (Å²) in [6.07, 6.45) is 4.58. The molecule has 0 aromatic heterocycles. The number of Topliss-reactive ketones (excluding diaryl/α,β-unsaturated/α-hetero) is 1. The van der Waals surface area contributed by atoms with E-state index in [2.05, 4.69) is 17.4 Å². The van der Waals surface area contributed by atoms with Gasteiger partial charge < -0.3 is 10.1 Å². The first-order valence-electron chi connectivity index (χ1n) is 7.31. The minimum atomic E-state index is 0.291. The predicted octanol–water partition coefficient (Wildman–Crippen LogP) is 2.12. The summed E-state index contributed by atoms with van der Waals surface area (Å²) >= 11 is 0. The molecule has 1 aromatic carbocycles. The Morgan fingerprint density at radius 2 is 2.16 bits per heavy atom. The molecule has 1 saturated heterocycles. The van der Waals surface area contributed by atoms with Gasteiger partial charge in [0.05, 0.1) is 6.61 Å². The van der Waals surface area contributed by atoms with Crippen LogP contribution in [0.3, 0.4) is 0 Å². The number of nitrogens with one attached hydrogen (secondary N) is 1. The van der Waals surface area contributed by atoms with Crippen molar-refractivity contribution in [2.75, 3.05) is 19.7 Å². The summed E-state index contributed by atoms with van der Waals surface area (Å²) in [5, 5.41) is 3.31. The molecule has 2 aliphatic rings. The number of carbonyl (C=O) groups excluding carboxylic acids is 1. The summed E-state index contributed by atoms with van der Waals surface area (Å²) in [6, 6.07) is 6.35. The SMILES string of the molecule is O=C(CCc1ccc2c(c1)CCO2)C1CCNCC1. The van der Waals surface area contributed by atoms with Gasteiger partial charge >= 0.3 is 0 Å². The molecular formula is C16H21NO2. The smallest absolute Gasteiger partial charge is 0.136 e. The van der Waals surface area contributed by atoms with E-state index in [0.717, 1.165) is 51.1 Å². The highest BCUT2D eigenvalue weighted by Gasteiger charge is 2.20. The van der Waals surface area contributed by atoms with Crippen molar-refractivity contribution in [2.45, 2.75) is 32.1 Å². The monoisotopic (exact) mass is 259 g/mol. The standard InChI is InChI=1S/C16H21NO2/c18-15(13-5-8-17-9-6-13)3-1-12-2-4-16-14(11-12)7-10-19-16/h2,4,11,13,17H,1,3,5-10H2. The Labute approximate surface area is 114 Å². The number of rotatable bonds is 4. The van der Waals surface area contributed by atoms with E-state index in [1.807, 2.05) is 6.07 Å². The molecule has 1 N–H and O–H groups in total. The average molecular weight is 259 g/mol. The Bertz CT molecular complexity index is 464. The number of hydrogen-bond acceptors (Lipinski definition) is 3. The highest BCUT2D eigenvalue weighted by atomic mass is 16.5. The van der Waals surface area contributed by atoms with E-state index in [9.17, 15) is 4.79 Å². The van der Waals surface area contributed by atoms with Crippen LogP contribution in [0.4, 0.5) is 0 Å². The van der Waals surface area contributed by atoms with Gasteiger partial charge in [-0.3, -0.25) is 4.79 Å². The molecule has 0 bridgehead atoms. The second kappa shape index (κ2) is 5.74. The Hall–Kier alpha value is -1.35. The van der Waals surface area contributed by atoms with E-state index in [1.54, 1.807) is 0 Å². The number of fused-ring (bicyclic) bond motifs is 1. The summed E-state index contributed by atoms with van der Waals surface area (Å²) < 4.78 is 5.50. The van der Waals surface area contributed by atoms with Crippen molar-refractivity contribution < 1.29 is 9.53 Å². The molecule has 0 unspecified atom stereocenters. The van der Waals surface area contributed by atoms with Crippen LogP contribution in [0.15, 0.2) is 18.2 Å². The molecule has 0 spiro atoms. The first-order chi connectivity index (χ1) is 9.33. The van der Waals surface area contributed by atoms with Gasteiger partial charge in [-0.25, -0.2) is 0 Å². The van der Waals surface area contributed by atoms with Gasteiger partial charge in [-0.15, -0.1) is 0 Å². The van der Waals surface area contributed by atoms with Gasteiger partial charge in [-0.1, -0.05) is 12.1 Å². The van der Waals surface area contributed by atoms with Crippen molar-refractivity contribution in [3.63, 3.8) is 0 Å². The second-order valence-electron chi connectivity index (χ2n) is 5.53. The Balaban J connectivity index is 1.55. The Morgan fingerprint density at radius 1 is 1.32 bits per heavy atom. The molecule has 1 aromatic rings. The lowest BCUT2D eigenvalue weighted by Gasteiger charge is -2.21. The zero-order valence-corrected chi connectivity index (χ0v) is 11.3. The molecule has 102 valence electrons. The van der Waals surface area contributed by atoms with Crippen molar-refractivity contribution in [1.29, 1.82) is 0 Å². The fourth-order valence-electron chi connectivity index (χ4n) is 3.01. The van der Waals surface area contributed by atoms with Crippen LogP contribution in [0.1, 0.15) is 30.4 Å². The number of ether oxygens (including phenoxy) is 1. The number of hydrogen-bond donors (Lipinski definition) is 1. The lowest BCUT2D eigenvalue weighted by molar-refractivity contribution is -0.123. The van der Waals surface area contributed by atoms with Gasteiger partial charge in [0.1, 0.15) is 11.5 Å². The minimum absolute atomic E-state index is 0.291. The maximum atomic E-state index is 12.2. The molecule has 0 aliphatic carbocycles. The van der Waals surface area contributed by atoms with E-state index < -0.39 is 0 Å². The predicted molar refractivity (Wildman–Crippen MR) is 74.6 cm³/mol. The van der Waals surface area contributed by atoms with Gasteiger partial charge in [-0.05, 0) is 49.5 Å². The average Bonchev–Trinajstić information content (AvgIpc) is 2.93. The first kappa shape index (κ1) is 12.7. The molecule has 0 amide bonds. The molecule has 0 atom stereocenters. The van der Waals surface area contributed by atoms with E-state index in [-0.39, 0.29) is 0 Å². The number of ketones is 1. The quantitative estimate of drug-likeness (QED) is 0.900. The zero-order valence-electron chi connectivity index (χ0n) is 11.3. The van der Waals surface area contributed by atoms with Crippen LogP contribution in [0, 0.1) is 5.92 Å². The van der Waals surface area contributed by atoms with Crippen LogP contribution >= 0.6 is 0 Å². The van der Waals surface area contributed by atoms with Gasteiger partial charge in [0.2, 0.25) is 0 Å². The number of aryl methyl sites for hydroxylation is 1. The topological polar surface area (TPSA) is 38.3 Å².